The minimum absolute atomic E-state index is 0.00497. The predicted octanol–water partition coefficient (Wildman–Crippen LogP) is 5.21. The second-order valence-electron chi connectivity index (χ2n) is 9.05. The molecule has 0 aliphatic carbocycles. The van der Waals surface area contributed by atoms with E-state index < -0.39 is 29.7 Å². The number of rotatable bonds is 8. The maximum Gasteiger partial charge on any atom is 0.323 e. The van der Waals surface area contributed by atoms with Crippen LogP contribution in [0.5, 0.6) is 5.75 Å². The van der Waals surface area contributed by atoms with Crippen LogP contribution in [-0.2, 0) is 35.4 Å². The normalized spacial score (nSPS) is 16.5. The van der Waals surface area contributed by atoms with Gasteiger partial charge in [-0.2, -0.15) is 0 Å². The van der Waals surface area contributed by atoms with Crippen LogP contribution in [0, 0.1) is 11.6 Å². The molecule has 1 aliphatic rings. The molecule has 1 heterocycles. The number of carboxylic acid groups (broad SMARTS) is 1. The molecule has 1 N–H and O–H groups in total. The molecule has 5 nitrogen and oxygen atoms in total. The number of hydrogen-bond acceptors (Lipinski definition) is 3. The topological polar surface area (TPSA) is 66.8 Å². The highest BCUT2D eigenvalue weighted by atomic mass is 35.5. The van der Waals surface area contributed by atoms with Crippen molar-refractivity contribution in [3.8, 4) is 5.75 Å². The zero-order valence-electron chi connectivity index (χ0n) is 19.1. The summed E-state index contributed by atoms with van der Waals surface area (Å²) in [6.07, 6.45) is 1.04. The van der Waals surface area contributed by atoms with Gasteiger partial charge in [-0.25, -0.2) is 8.78 Å². The number of hydrogen-bond donors (Lipinski definition) is 1. The van der Waals surface area contributed by atoms with Crippen molar-refractivity contribution in [1.82, 2.24) is 4.90 Å². The third kappa shape index (κ3) is 6.17. The van der Waals surface area contributed by atoms with E-state index >= 15 is 0 Å². The minimum Gasteiger partial charge on any atom is -0.487 e. The van der Waals surface area contributed by atoms with Crippen molar-refractivity contribution < 1.29 is 28.2 Å². The van der Waals surface area contributed by atoms with Crippen molar-refractivity contribution in [3.63, 3.8) is 0 Å². The van der Waals surface area contributed by atoms with Crippen LogP contribution in [0.15, 0.2) is 60.7 Å². The van der Waals surface area contributed by atoms with Crippen LogP contribution in [0.2, 0.25) is 5.02 Å². The average Bonchev–Trinajstić information content (AvgIpc) is 3.10. The van der Waals surface area contributed by atoms with Crippen molar-refractivity contribution in [2.75, 3.05) is 6.54 Å². The molecule has 0 saturated carbocycles. The van der Waals surface area contributed by atoms with E-state index in [1.807, 2.05) is 13.0 Å². The van der Waals surface area contributed by atoms with Gasteiger partial charge in [0.2, 0.25) is 5.91 Å². The molecule has 3 aromatic rings. The SMILES string of the molecule is C[C@@]1(Cc2ccc(Cl)c(F)c2)Cc2cc(CC(=O)N(CC(=O)O)Cc3cccc(F)c3)ccc2O1. The largest absolute Gasteiger partial charge is 0.487 e. The van der Waals surface area contributed by atoms with E-state index in [0.29, 0.717) is 29.7 Å². The van der Waals surface area contributed by atoms with E-state index in [-0.39, 0.29) is 23.9 Å². The fourth-order valence-electron chi connectivity index (χ4n) is 4.40. The summed E-state index contributed by atoms with van der Waals surface area (Å²) in [4.78, 5) is 25.5. The summed E-state index contributed by atoms with van der Waals surface area (Å²) in [5, 5.41) is 9.32. The molecule has 0 bridgehead atoms. The maximum absolute atomic E-state index is 13.9. The molecule has 4 rings (SSSR count). The Hall–Kier alpha value is -3.45. The van der Waals surface area contributed by atoms with Gasteiger partial charge in [-0.05, 0) is 59.5 Å². The van der Waals surface area contributed by atoms with Crippen LogP contribution in [0.25, 0.3) is 0 Å². The molecule has 0 radical (unpaired) electrons. The molecule has 1 aliphatic heterocycles. The summed E-state index contributed by atoms with van der Waals surface area (Å²) in [5.74, 6) is -1.76. The van der Waals surface area contributed by atoms with E-state index in [9.17, 15) is 23.5 Å². The molecular formula is C27H24ClF2NO4. The fraction of sp³-hybridized carbons (Fsp3) is 0.259. The third-order valence-corrected chi connectivity index (χ3v) is 6.21. The van der Waals surface area contributed by atoms with Gasteiger partial charge in [0, 0.05) is 19.4 Å². The van der Waals surface area contributed by atoms with Gasteiger partial charge in [-0.15, -0.1) is 0 Å². The van der Waals surface area contributed by atoms with Crippen molar-refractivity contribution in [2.45, 2.75) is 38.3 Å². The van der Waals surface area contributed by atoms with E-state index in [2.05, 4.69) is 0 Å². The number of nitrogens with zero attached hydrogens (tertiary/aromatic N) is 1. The molecule has 1 atom stereocenters. The summed E-state index contributed by atoms with van der Waals surface area (Å²) in [7, 11) is 0. The number of halogens is 3. The molecule has 3 aromatic carbocycles. The Morgan fingerprint density at radius 3 is 2.54 bits per heavy atom. The molecule has 0 unspecified atom stereocenters. The van der Waals surface area contributed by atoms with Crippen LogP contribution in [0.3, 0.4) is 0 Å². The number of benzene rings is 3. The number of carboxylic acids is 1. The number of ether oxygens (including phenoxy) is 1. The zero-order chi connectivity index (χ0) is 25.2. The van der Waals surface area contributed by atoms with E-state index in [0.717, 1.165) is 11.1 Å². The number of carbonyl (C=O) groups excluding carboxylic acids is 1. The Bertz CT molecular complexity index is 1280. The van der Waals surface area contributed by atoms with E-state index in [1.54, 1.807) is 24.3 Å². The van der Waals surface area contributed by atoms with Gasteiger partial charge in [0.15, 0.2) is 0 Å². The molecule has 182 valence electrons. The molecule has 35 heavy (non-hydrogen) atoms. The molecule has 8 heteroatoms. The minimum atomic E-state index is -1.15. The van der Waals surface area contributed by atoms with Gasteiger partial charge < -0.3 is 14.7 Å². The summed E-state index contributed by atoms with van der Waals surface area (Å²) >= 11 is 5.78. The second kappa shape index (κ2) is 10.0. The van der Waals surface area contributed by atoms with Crippen LogP contribution >= 0.6 is 11.6 Å². The molecular weight excluding hydrogens is 476 g/mol. The lowest BCUT2D eigenvalue weighted by molar-refractivity contribution is -0.144. The van der Waals surface area contributed by atoms with Crippen LogP contribution < -0.4 is 4.74 Å². The molecule has 0 spiro atoms. The Morgan fingerprint density at radius 2 is 1.83 bits per heavy atom. The Labute approximate surface area is 206 Å². The lowest BCUT2D eigenvalue weighted by Crippen LogP contribution is -2.36. The van der Waals surface area contributed by atoms with Crippen LogP contribution in [0.1, 0.15) is 29.2 Å². The number of amides is 1. The standard InChI is InChI=1S/C27H24ClF2NO4/c1-27(13-18-5-7-22(28)23(30)11-18)14-20-9-17(6-8-24(20)35-27)12-25(32)31(16-26(33)34)15-19-3-2-4-21(29)10-19/h2-11H,12-16H2,1H3,(H,33,34)/t27-/m1/s1. The van der Waals surface area contributed by atoms with Gasteiger partial charge in [0.25, 0.3) is 0 Å². The zero-order valence-corrected chi connectivity index (χ0v) is 19.8. The third-order valence-electron chi connectivity index (χ3n) is 5.90. The monoisotopic (exact) mass is 499 g/mol. The predicted molar refractivity (Wildman–Crippen MR) is 127 cm³/mol. The number of aliphatic carboxylic acids is 1. The first-order valence-corrected chi connectivity index (χ1v) is 11.5. The number of carbonyl (C=O) groups is 2. The van der Waals surface area contributed by atoms with E-state index in [4.69, 9.17) is 16.3 Å². The highest BCUT2D eigenvalue weighted by Crippen LogP contribution is 2.38. The quantitative estimate of drug-likeness (QED) is 0.462. The van der Waals surface area contributed by atoms with Crippen molar-refractivity contribution in [1.29, 1.82) is 0 Å². The summed E-state index contributed by atoms with van der Waals surface area (Å²) in [6, 6.07) is 15.9. The van der Waals surface area contributed by atoms with Crippen LogP contribution in [0.4, 0.5) is 8.78 Å². The second-order valence-corrected chi connectivity index (χ2v) is 9.45. The van der Waals surface area contributed by atoms with E-state index in [1.165, 1.54) is 35.2 Å². The smallest absolute Gasteiger partial charge is 0.323 e. The van der Waals surface area contributed by atoms with Crippen LogP contribution in [-0.4, -0.2) is 34.0 Å². The number of fused-ring (bicyclic) bond motifs is 1. The van der Waals surface area contributed by atoms with Crippen molar-refractivity contribution in [2.24, 2.45) is 0 Å². The Morgan fingerprint density at radius 1 is 1.06 bits per heavy atom. The Kier molecular flexibility index (Phi) is 7.08. The van der Waals surface area contributed by atoms with Gasteiger partial charge in [0.1, 0.15) is 29.5 Å². The first-order chi connectivity index (χ1) is 16.6. The van der Waals surface area contributed by atoms with Crippen molar-refractivity contribution in [3.05, 3.63) is 99.6 Å². The summed E-state index contributed by atoms with van der Waals surface area (Å²) in [6.45, 7) is 1.45. The van der Waals surface area contributed by atoms with Gasteiger partial charge in [-0.1, -0.05) is 41.9 Å². The fourth-order valence-corrected chi connectivity index (χ4v) is 4.52. The molecule has 0 saturated heterocycles. The van der Waals surface area contributed by atoms with Crippen molar-refractivity contribution >= 4 is 23.5 Å². The maximum atomic E-state index is 13.9. The molecule has 0 aromatic heterocycles. The highest BCUT2D eigenvalue weighted by Gasteiger charge is 2.35. The van der Waals surface area contributed by atoms with Gasteiger partial charge in [-0.3, -0.25) is 9.59 Å². The summed E-state index contributed by atoms with van der Waals surface area (Å²) in [5.41, 5.74) is 2.32. The van der Waals surface area contributed by atoms with Gasteiger partial charge >= 0.3 is 5.97 Å². The first kappa shape index (κ1) is 24.7. The lowest BCUT2D eigenvalue weighted by Gasteiger charge is -2.24. The van der Waals surface area contributed by atoms with Gasteiger partial charge in [0.05, 0.1) is 11.4 Å². The highest BCUT2D eigenvalue weighted by molar-refractivity contribution is 6.30. The average molecular weight is 500 g/mol. The molecule has 1 amide bonds. The molecule has 0 fully saturated rings. The lowest BCUT2D eigenvalue weighted by atomic mass is 9.91. The first-order valence-electron chi connectivity index (χ1n) is 11.1. The Balaban J connectivity index is 1.46. The summed E-state index contributed by atoms with van der Waals surface area (Å²) < 4.78 is 33.5.